The minimum absolute atomic E-state index is 0.187. The van der Waals surface area contributed by atoms with Crippen molar-refractivity contribution in [3.63, 3.8) is 0 Å². The van der Waals surface area contributed by atoms with E-state index in [0.717, 1.165) is 36.1 Å². The molecular weight excluding hydrogens is 500 g/mol. The fourth-order valence-corrected chi connectivity index (χ4v) is 4.76. The van der Waals surface area contributed by atoms with Gasteiger partial charge in [-0.25, -0.2) is 18.6 Å². The van der Waals surface area contributed by atoms with Crippen molar-refractivity contribution in [2.24, 2.45) is 11.0 Å². The van der Waals surface area contributed by atoms with E-state index in [-0.39, 0.29) is 11.7 Å². The number of nitrogens with zero attached hydrogens (tertiary/aromatic N) is 3. The van der Waals surface area contributed by atoms with Crippen molar-refractivity contribution in [1.82, 2.24) is 5.01 Å². The highest BCUT2D eigenvalue weighted by Gasteiger charge is 2.44. The lowest BCUT2D eigenvalue weighted by Gasteiger charge is -2.29. The van der Waals surface area contributed by atoms with Crippen LogP contribution < -0.4 is 0 Å². The SMILES string of the molecule is O=C(OCC(=O)N1N=C2/C(=C\c3ccc(F)cc3)CCC[C@H]2[C@H]1c1ccc(F)cc1)c1ccc([N+](=O)[O-])o1. The number of carbonyl (C=O) groups excluding carboxylic acids is 2. The van der Waals surface area contributed by atoms with Crippen molar-refractivity contribution in [3.05, 3.63) is 105 Å². The van der Waals surface area contributed by atoms with Crippen molar-refractivity contribution in [3.8, 4) is 0 Å². The van der Waals surface area contributed by atoms with E-state index in [9.17, 15) is 28.5 Å². The maximum absolute atomic E-state index is 13.7. The predicted molar refractivity (Wildman–Crippen MR) is 131 cm³/mol. The summed E-state index contributed by atoms with van der Waals surface area (Å²) in [5, 5.41) is 16.7. The molecule has 0 saturated heterocycles. The van der Waals surface area contributed by atoms with Gasteiger partial charge in [0.05, 0.1) is 17.8 Å². The van der Waals surface area contributed by atoms with Crippen LogP contribution in [-0.4, -0.2) is 34.1 Å². The summed E-state index contributed by atoms with van der Waals surface area (Å²) >= 11 is 0. The lowest BCUT2D eigenvalue weighted by molar-refractivity contribution is -0.402. The number of amides is 1. The average Bonchev–Trinajstić information content (AvgIpc) is 3.56. The number of ether oxygens (including phenoxy) is 1. The van der Waals surface area contributed by atoms with Gasteiger partial charge >= 0.3 is 11.9 Å². The second-order valence-electron chi connectivity index (χ2n) is 8.91. The number of rotatable bonds is 6. The van der Waals surface area contributed by atoms with Gasteiger partial charge in [-0.15, -0.1) is 0 Å². The summed E-state index contributed by atoms with van der Waals surface area (Å²) in [6.45, 7) is -0.689. The van der Waals surface area contributed by atoms with E-state index >= 15 is 0 Å². The van der Waals surface area contributed by atoms with Crippen LogP contribution >= 0.6 is 0 Å². The summed E-state index contributed by atoms with van der Waals surface area (Å²) in [6.07, 6.45) is 4.16. The Labute approximate surface area is 215 Å². The molecule has 0 bridgehead atoms. The van der Waals surface area contributed by atoms with Crippen LogP contribution in [0.2, 0.25) is 0 Å². The van der Waals surface area contributed by atoms with E-state index in [2.05, 4.69) is 5.10 Å². The maximum Gasteiger partial charge on any atom is 0.433 e. The highest BCUT2D eigenvalue weighted by Crippen LogP contribution is 2.44. The number of fused-ring (bicyclic) bond motifs is 1. The van der Waals surface area contributed by atoms with Crippen molar-refractivity contribution >= 4 is 29.5 Å². The van der Waals surface area contributed by atoms with Crippen LogP contribution in [0.1, 0.15) is 47.0 Å². The minimum Gasteiger partial charge on any atom is -0.450 e. The molecule has 0 spiro atoms. The standard InChI is InChI=1S/C27H21F2N3O6/c28-19-8-4-16(5-9-19)14-18-2-1-3-21-25(18)30-31(26(21)17-6-10-20(29)11-7-17)23(33)15-37-27(34)22-12-13-24(38-22)32(35)36/h4-14,21,26H,1-3,15H2/b18-14-/t21-,26-/m1/s1. The smallest absolute Gasteiger partial charge is 0.433 e. The number of hydrogen-bond donors (Lipinski definition) is 0. The highest BCUT2D eigenvalue weighted by molar-refractivity contribution is 6.08. The molecule has 38 heavy (non-hydrogen) atoms. The van der Waals surface area contributed by atoms with Crippen LogP contribution in [0, 0.1) is 27.7 Å². The fraction of sp³-hybridized carbons (Fsp3) is 0.222. The Morgan fingerprint density at radius 2 is 1.76 bits per heavy atom. The Balaban J connectivity index is 1.41. The zero-order chi connectivity index (χ0) is 26.8. The molecule has 0 radical (unpaired) electrons. The molecule has 11 heteroatoms. The van der Waals surface area contributed by atoms with E-state index in [4.69, 9.17) is 9.15 Å². The Morgan fingerprint density at radius 1 is 1.08 bits per heavy atom. The number of halogens is 2. The maximum atomic E-state index is 13.7. The number of hydrazone groups is 1. The molecule has 1 saturated carbocycles. The summed E-state index contributed by atoms with van der Waals surface area (Å²) < 4.78 is 36.9. The Kier molecular flexibility index (Phi) is 6.82. The number of hydrogen-bond acceptors (Lipinski definition) is 7. The number of furan rings is 1. The first-order chi connectivity index (χ1) is 18.3. The average molecular weight is 521 g/mol. The van der Waals surface area contributed by atoms with E-state index in [1.807, 2.05) is 6.08 Å². The van der Waals surface area contributed by atoms with Crippen molar-refractivity contribution < 1.29 is 32.4 Å². The van der Waals surface area contributed by atoms with Crippen molar-refractivity contribution in [2.45, 2.75) is 25.3 Å². The molecule has 1 aliphatic carbocycles. The number of nitro groups is 1. The molecule has 2 atom stereocenters. The summed E-state index contributed by atoms with van der Waals surface area (Å²) in [4.78, 5) is 35.5. The first-order valence-corrected chi connectivity index (χ1v) is 11.8. The van der Waals surface area contributed by atoms with E-state index < -0.39 is 46.9 Å². The minimum atomic E-state index is -1.04. The van der Waals surface area contributed by atoms with Crippen molar-refractivity contribution in [1.29, 1.82) is 0 Å². The summed E-state index contributed by atoms with van der Waals surface area (Å²) in [5.74, 6) is -3.66. The molecule has 2 aliphatic rings. The molecule has 1 amide bonds. The molecule has 0 unspecified atom stereocenters. The number of allylic oxidation sites excluding steroid dienone is 1. The number of carbonyl (C=O) groups is 2. The third-order valence-electron chi connectivity index (χ3n) is 6.48. The molecule has 9 nitrogen and oxygen atoms in total. The topological polar surface area (TPSA) is 115 Å². The van der Waals surface area contributed by atoms with Gasteiger partial charge in [0, 0.05) is 5.92 Å². The molecule has 194 valence electrons. The molecule has 5 rings (SSSR count). The normalized spacial score (nSPS) is 19.7. The van der Waals surface area contributed by atoms with Crippen LogP contribution in [0.25, 0.3) is 6.08 Å². The van der Waals surface area contributed by atoms with Gasteiger partial charge < -0.3 is 9.15 Å². The zero-order valence-electron chi connectivity index (χ0n) is 19.9. The molecule has 2 heterocycles. The molecule has 1 aliphatic heterocycles. The molecule has 3 aromatic rings. The van der Waals surface area contributed by atoms with Crippen LogP contribution in [0.5, 0.6) is 0 Å². The largest absolute Gasteiger partial charge is 0.450 e. The van der Waals surface area contributed by atoms with Crippen LogP contribution in [-0.2, 0) is 9.53 Å². The Morgan fingerprint density at radius 3 is 2.42 bits per heavy atom. The predicted octanol–water partition coefficient (Wildman–Crippen LogP) is 5.45. The fourth-order valence-electron chi connectivity index (χ4n) is 4.76. The second-order valence-corrected chi connectivity index (χ2v) is 8.91. The molecule has 2 aromatic carbocycles. The third kappa shape index (κ3) is 5.08. The van der Waals surface area contributed by atoms with E-state index in [0.29, 0.717) is 17.7 Å². The lowest BCUT2D eigenvalue weighted by atomic mass is 9.77. The number of esters is 1. The molecular formula is C27H21F2N3O6. The van der Waals surface area contributed by atoms with Gasteiger partial charge in [0.25, 0.3) is 5.91 Å². The molecule has 1 fully saturated rings. The highest BCUT2D eigenvalue weighted by atomic mass is 19.1. The van der Waals surface area contributed by atoms with Gasteiger partial charge in [-0.05, 0) is 72.4 Å². The molecule has 0 N–H and O–H groups in total. The quantitative estimate of drug-likeness (QED) is 0.242. The van der Waals surface area contributed by atoms with E-state index in [1.165, 1.54) is 29.3 Å². The number of benzene rings is 2. The third-order valence-corrected chi connectivity index (χ3v) is 6.48. The summed E-state index contributed by atoms with van der Waals surface area (Å²) in [5.41, 5.74) is 3.04. The van der Waals surface area contributed by atoms with Gasteiger partial charge in [-0.2, -0.15) is 5.10 Å². The monoisotopic (exact) mass is 521 g/mol. The first-order valence-electron chi connectivity index (χ1n) is 11.8. The zero-order valence-corrected chi connectivity index (χ0v) is 19.9. The van der Waals surface area contributed by atoms with Gasteiger partial charge in [0.2, 0.25) is 5.76 Å². The van der Waals surface area contributed by atoms with Gasteiger partial charge in [-0.3, -0.25) is 14.9 Å². The van der Waals surface area contributed by atoms with Gasteiger partial charge in [0.1, 0.15) is 16.6 Å². The van der Waals surface area contributed by atoms with Crippen molar-refractivity contribution in [2.75, 3.05) is 6.61 Å². The van der Waals surface area contributed by atoms with Crippen LogP contribution in [0.15, 0.2) is 75.8 Å². The van der Waals surface area contributed by atoms with Gasteiger partial charge in [0.15, 0.2) is 6.61 Å². The Hall–Kier alpha value is -4.67. The first kappa shape index (κ1) is 25.0. The summed E-state index contributed by atoms with van der Waals surface area (Å²) in [6, 6.07) is 13.4. The van der Waals surface area contributed by atoms with Crippen LogP contribution in [0.3, 0.4) is 0 Å². The molecule has 1 aromatic heterocycles. The Bertz CT molecular complexity index is 1450. The summed E-state index contributed by atoms with van der Waals surface area (Å²) in [7, 11) is 0. The van der Waals surface area contributed by atoms with E-state index in [1.54, 1.807) is 24.3 Å². The van der Waals surface area contributed by atoms with Crippen LogP contribution in [0.4, 0.5) is 14.7 Å². The lowest BCUT2D eigenvalue weighted by Crippen LogP contribution is -2.34. The second kappa shape index (κ2) is 10.4. The van der Waals surface area contributed by atoms with Gasteiger partial charge in [-0.1, -0.05) is 24.3 Å².